The summed E-state index contributed by atoms with van der Waals surface area (Å²) in [5, 5.41) is 2.80. The zero-order chi connectivity index (χ0) is 12.8. The molecule has 4 nitrogen and oxygen atoms in total. The van der Waals surface area contributed by atoms with Gasteiger partial charge in [-0.25, -0.2) is 4.98 Å². The van der Waals surface area contributed by atoms with Crippen LogP contribution in [0, 0.1) is 0 Å². The van der Waals surface area contributed by atoms with Crippen molar-refractivity contribution in [2.24, 2.45) is 0 Å². The van der Waals surface area contributed by atoms with E-state index in [-0.39, 0.29) is 5.78 Å². The molecule has 0 N–H and O–H groups in total. The summed E-state index contributed by atoms with van der Waals surface area (Å²) in [6.07, 6.45) is 1.09. The summed E-state index contributed by atoms with van der Waals surface area (Å²) in [6, 6.07) is 0. The van der Waals surface area contributed by atoms with Crippen LogP contribution in [0.5, 0.6) is 0 Å². The number of ketones is 1. The van der Waals surface area contributed by atoms with Crippen molar-refractivity contribution in [2.75, 3.05) is 38.6 Å². The van der Waals surface area contributed by atoms with Gasteiger partial charge in [-0.3, -0.25) is 4.79 Å². The zero-order valence-electron chi connectivity index (χ0n) is 11.1. The van der Waals surface area contributed by atoms with E-state index >= 15 is 0 Å². The molecule has 0 aliphatic rings. The number of Topliss-reactive ketones (excluding diaryl/α,β-unsaturated/α-hetero) is 1. The van der Waals surface area contributed by atoms with Gasteiger partial charge in [-0.15, -0.1) is 11.3 Å². The largest absolute Gasteiger partial charge is 0.347 e. The second-order valence-electron chi connectivity index (χ2n) is 4.36. The number of carbonyl (C=O) groups excluding carboxylic acids is 1. The van der Waals surface area contributed by atoms with E-state index < -0.39 is 0 Å². The van der Waals surface area contributed by atoms with Crippen molar-refractivity contribution in [3.05, 3.63) is 11.1 Å². The van der Waals surface area contributed by atoms with Crippen molar-refractivity contribution in [1.29, 1.82) is 0 Å². The van der Waals surface area contributed by atoms with Crippen LogP contribution in [0.3, 0.4) is 0 Å². The molecule has 5 heteroatoms. The Morgan fingerprint density at radius 2 is 2.06 bits per heavy atom. The molecule has 1 rings (SSSR count). The van der Waals surface area contributed by atoms with Crippen molar-refractivity contribution in [3.63, 3.8) is 0 Å². The Morgan fingerprint density at radius 3 is 2.53 bits per heavy atom. The van der Waals surface area contributed by atoms with Crippen molar-refractivity contribution in [1.82, 2.24) is 9.88 Å². The third kappa shape index (κ3) is 4.44. The van der Waals surface area contributed by atoms with Gasteiger partial charge < -0.3 is 9.80 Å². The molecule has 0 saturated heterocycles. The van der Waals surface area contributed by atoms with E-state index in [1.54, 1.807) is 18.3 Å². The molecule has 0 spiro atoms. The number of rotatable bonds is 7. The summed E-state index contributed by atoms with van der Waals surface area (Å²) >= 11 is 1.55. The fourth-order valence-corrected chi connectivity index (χ4v) is 2.38. The Labute approximate surface area is 107 Å². The first-order chi connectivity index (χ1) is 8.04. The molecule has 0 aliphatic heterocycles. The van der Waals surface area contributed by atoms with Gasteiger partial charge in [0.2, 0.25) is 0 Å². The SMILES string of the molecule is CCCN(CCN(C)C)c1nc(C(C)=O)cs1. The molecule has 0 saturated carbocycles. The lowest BCUT2D eigenvalue weighted by atomic mass is 10.3. The summed E-state index contributed by atoms with van der Waals surface area (Å²) in [4.78, 5) is 20.0. The van der Waals surface area contributed by atoms with Crippen LogP contribution in [0.15, 0.2) is 5.38 Å². The molecule has 0 bridgehead atoms. The number of aromatic nitrogens is 1. The molecule has 1 aromatic heterocycles. The van der Waals surface area contributed by atoms with Gasteiger partial charge in [0.25, 0.3) is 0 Å². The number of likely N-dealkylation sites (N-methyl/N-ethyl adjacent to an activating group) is 1. The summed E-state index contributed by atoms with van der Waals surface area (Å²) in [5.74, 6) is 0.0385. The van der Waals surface area contributed by atoms with E-state index in [0.29, 0.717) is 5.69 Å². The van der Waals surface area contributed by atoms with Crippen molar-refractivity contribution >= 4 is 22.3 Å². The molecule has 17 heavy (non-hydrogen) atoms. The topological polar surface area (TPSA) is 36.4 Å². The summed E-state index contributed by atoms with van der Waals surface area (Å²) in [6.45, 7) is 6.64. The lowest BCUT2D eigenvalue weighted by Gasteiger charge is -2.23. The van der Waals surface area contributed by atoms with Gasteiger partial charge in [0.1, 0.15) is 5.69 Å². The fourth-order valence-electron chi connectivity index (χ4n) is 1.46. The predicted molar refractivity (Wildman–Crippen MR) is 73.2 cm³/mol. The molecule has 0 aromatic carbocycles. The fraction of sp³-hybridized carbons (Fsp3) is 0.667. The highest BCUT2D eigenvalue weighted by Crippen LogP contribution is 2.20. The molecule has 0 aliphatic carbocycles. The van der Waals surface area contributed by atoms with Crippen molar-refractivity contribution in [2.45, 2.75) is 20.3 Å². The van der Waals surface area contributed by atoms with Gasteiger partial charge in [-0.05, 0) is 20.5 Å². The maximum Gasteiger partial charge on any atom is 0.186 e. The molecule has 1 aromatic rings. The Morgan fingerprint density at radius 1 is 1.35 bits per heavy atom. The number of thiazole rings is 1. The minimum Gasteiger partial charge on any atom is -0.347 e. The van der Waals surface area contributed by atoms with Crippen LogP contribution >= 0.6 is 11.3 Å². The van der Waals surface area contributed by atoms with Gasteiger partial charge >= 0.3 is 0 Å². The normalized spacial score (nSPS) is 10.9. The molecule has 96 valence electrons. The highest BCUT2D eigenvalue weighted by atomic mass is 32.1. The molecule has 1 heterocycles. The molecular formula is C12H21N3OS. The number of hydrogen-bond donors (Lipinski definition) is 0. The molecule has 0 radical (unpaired) electrons. The summed E-state index contributed by atoms with van der Waals surface area (Å²) in [7, 11) is 4.12. The van der Waals surface area contributed by atoms with Crippen LogP contribution in [-0.4, -0.2) is 49.4 Å². The third-order valence-corrected chi connectivity index (χ3v) is 3.34. The second kappa shape index (κ2) is 6.71. The van der Waals surface area contributed by atoms with E-state index in [1.165, 1.54) is 0 Å². The number of carbonyl (C=O) groups is 1. The zero-order valence-corrected chi connectivity index (χ0v) is 11.9. The second-order valence-corrected chi connectivity index (χ2v) is 5.20. The first kappa shape index (κ1) is 14.1. The lowest BCUT2D eigenvalue weighted by Crippen LogP contribution is -2.32. The number of hydrogen-bond acceptors (Lipinski definition) is 5. The Kier molecular flexibility index (Phi) is 5.58. The maximum atomic E-state index is 11.2. The van der Waals surface area contributed by atoms with Crippen molar-refractivity contribution < 1.29 is 4.79 Å². The van der Waals surface area contributed by atoms with Gasteiger partial charge in [0.15, 0.2) is 10.9 Å². The highest BCUT2D eigenvalue weighted by Gasteiger charge is 2.12. The monoisotopic (exact) mass is 255 g/mol. The predicted octanol–water partition coefficient (Wildman–Crippen LogP) is 2.12. The van der Waals surface area contributed by atoms with E-state index in [1.807, 2.05) is 5.38 Å². The van der Waals surface area contributed by atoms with Crippen LogP contribution in [-0.2, 0) is 0 Å². The Balaban J connectivity index is 2.70. The maximum absolute atomic E-state index is 11.2. The van der Waals surface area contributed by atoms with Crippen LogP contribution in [0.4, 0.5) is 5.13 Å². The highest BCUT2D eigenvalue weighted by molar-refractivity contribution is 7.13. The van der Waals surface area contributed by atoms with Crippen LogP contribution in [0.1, 0.15) is 30.8 Å². The van der Waals surface area contributed by atoms with E-state index in [9.17, 15) is 4.79 Å². The Bertz CT molecular complexity index is 362. The first-order valence-electron chi connectivity index (χ1n) is 5.90. The standard InChI is InChI=1S/C12H21N3OS/c1-5-6-15(8-7-14(3)4)12-13-11(9-17-12)10(2)16/h9H,5-8H2,1-4H3. The minimum absolute atomic E-state index is 0.0385. The number of anilines is 1. The summed E-state index contributed by atoms with van der Waals surface area (Å²) in [5.41, 5.74) is 0.580. The molecular weight excluding hydrogens is 234 g/mol. The van der Waals surface area contributed by atoms with E-state index in [4.69, 9.17) is 0 Å². The third-order valence-electron chi connectivity index (χ3n) is 2.43. The quantitative estimate of drug-likeness (QED) is 0.699. The molecule has 0 fully saturated rings. The van der Waals surface area contributed by atoms with Crippen LogP contribution < -0.4 is 4.90 Å². The average molecular weight is 255 g/mol. The van der Waals surface area contributed by atoms with Crippen LogP contribution in [0.2, 0.25) is 0 Å². The first-order valence-corrected chi connectivity index (χ1v) is 6.78. The smallest absolute Gasteiger partial charge is 0.186 e. The number of nitrogens with zero attached hydrogens (tertiary/aromatic N) is 3. The lowest BCUT2D eigenvalue weighted by molar-refractivity contribution is 0.101. The molecule has 0 atom stereocenters. The van der Waals surface area contributed by atoms with Gasteiger partial charge in [0, 0.05) is 31.9 Å². The van der Waals surface area contributed by atoms with Gasteiger partial charge in [0.05, 0.1) is 0 Å². The molecule has 0 unspecified atom stereocenters. The van der Waals surface area contributed by atoms with Gasteiger partial charge in [-0.2, -0.15) is 0 Å². The minimum atomic E-state index is 0.0385. The Hall–Kier alpha value is -0.940. The summed E-state index contributed by atoms with van der Waals surface area (Å²) < 4.78 is 0. The van der Waals surface area contributed by atoms with Gasteiger partial charge in [-0.1, -0.05) is 6.92 Å². The van der Waals surface area contributed by atoms with E-state index in [2.05, 4.69) is 35.8 Å². The molecule has 0 amide bonds. The van der Waals surface area contributed by atoms with Crippen LogP contribution in [0.25, 0.3) is 0 Å². The van der Waals surface area contributed by atoms with E-state index in [0.717, 1.165) is 31.2 Å². The average Bonchev–Trinajstić information content (AvgIpc) is 2.73. The van der Waals surface area contributed by atoms with Crippen molar-refractivity contribution in [3.8, 4) is 0 Å².